The minimum absolute atomic E-state index is 0.741. The molecule has 2 aliphatic heterocycles. The van der Waals surface area contributed by atoms with E-state index in [-0.39, 0.29) is 0 Å². The van der Waals surface area contributed by atoms with Gasteiger partial charge < -0.3 is 15.1 Å². The van der Waals surface area contributed by atoms with Gasteiger partial charge in [0.25, 0.3) is 0 Å². The Bertz CT molecular complexity index is 238. The summed E-state index contributed by atoms with van der Waals surface area (Å²) in [7, 11) is 2.25. The van der Waals surface area contributed by atoms with Crippen LogP contribution in [0.2, 0.25) is 0 Å². The van der Waals surface area contributed by atoms with Crippen LogP contribution in [0.1, 0.15) is 39.5 Å². The molecule has 0 saturated carbocycles. The molecular formula is C15H31N3. The number of hydrogen-bond donors (Lipinski definition) is 1. The highest BCUT2D eigenvalue weighted by Crippen LogP contribution is 2.16. The number of piperidine rings is 1. The molecule has 2 saturated heterocycles. The fourth-order valence-corrected chi connectivity index (χ4v) is 3.31. The Morgan fingerprint density at radius 2 is 1.94 bits per heavy atom. The number of rotatable bonds is 5. The summed E-state index contributed by atoms with van der Waals surface area (Å²) < 4.78 is 0. The molecule has 18 heavy (non-hydrogen) atoms. The van der Waals surface area contributed by atoms with Crippen LogP contribution >= 0.6 is 0 Å². The van der Waals surface area contributed by atoms with Gasteiger partial charge in [-0.1, -0.05) is 6.92 Å². The fourth-order valence-electron chi connectivity index (χ4n) is 3.31. The van der Waals surface area contributed by atoms with Crippen molar-refractivity contribution >= 4 is 0 Å². The highest BCUT2D eigenvalue weighted by Gasteiger charge is 2.23. The molecule has 0 aliphatic carbocycles. The summed E-state index contributed by atoms with van der Waals surface area (Å²) in [5.74, 6) is 0.790. The summed E-state index contributed by atoms with van der Waals surface area (Å²) in [6.45, 7) is 11.1. The normalized spacial score (nSPS) is 32.8. The van der Waals surface area contributed by atoms with Gasteiger partial charge in [-0.05, 0) is 71.8 Å². The van der Waals surface area contributed by atoms with Gasteiger partial charge in [0.2, 0.25) is 0 Å². The van der Waals surface area contributed by atoms with E-state index >= 15 is 0 Å². The number of nitrogens with one attached hydrogen (secondary N) is 1. The van der Waals surface area contributed by atoms with Gasteiger partial charge in [-0.3, -0.25) is 0 Å². The molecule has 106 valence electrons. The van der Waals surface area contributed by atoms with Crippen LogP contribution in [0.4, 0.5) is 0 Å². The summed E-state index contributed by atoms with van der Waals surface area (Å²) in [4.78, 5) is 5.11. The number of nitrogens with zero attached hydrogens (tertiary/aromatic N) is 2. The third-order valence-corrected chi connectivity index (χ3v) is 4.73. The largest absolute Gasteiger partial charge is 0.314 e. The van der Waals surface area contributed by atoms with Gasteiger partial charge >= 0.3 is 0 Å². The van der Waals surface area contributed by atoms with Crippen molar-refractivity contribution in [1.82, 2.24) is 15.1 Å². The predicted molar refractivity (Wildman–Crippen MR) is 78.0 cm³/mol. The smallest absolute Gasteiger partial charge is 0.00941 e. The molecule has 0 spiro atoms. The van der Waals surface area contributed by atoms with Crippen molar-refractivity contribution in [1.29, 1.82) is 0 Å². The van der Waals surface area contributed by atoms with E-state index in [0.29, 0.717) is 0 Å². The highest BCUT2D eigenvalue weighted by atomic mass is 15.2. The molecule has 3 nitrogen and oxygen atoms in total. The minimum Gasteiger partial charge on any atom is -0.314 e. The maximum atomic E-state index is 3.79. The van der Waals surface area contributed by atoms with Gasteiger partial charge in [0.05, 0.1) is 0 Å². The molecular weight excluding hydrogens is 222 g/mol. The lowest BCUT2D eigenvalue weighted by atomic mass is 9.98. The lowest BCUT2D eigenvalue weighted by Gasteiger charge is -2.36. The average molecular weight is 253 g/mol. The standard InChI is InChI=1S/C15H31N3/c1-13(12-18-7-4-5-8-18)11-16-15-6-9-17(3)14(2)10-15/h13-16H,4-12H2,1-3H3. The zero-order valence-corrected chi connectivity index (χ0v) is 12.5. The monoisotopic (exact) mass is 253 g/mol. The molecule has 0 bridgehead atoms. The molecule has 3 unspecified atom stereocenters. The van der Waals surface area contributed by atoms with Crippen molar-refractivity contribution < 1.29 is 0 Å². The summed E-state index contributed by atoms with van der Waals surface area (Å²) in [5, 5.41) is 3.79. The summed E-state index contributed by atoms with van der Waals surface area (Å²) >= 11 is 0. The summed E-state index contributed by atoms with van der Waals surface area (Å²) in [6.07, 6.45) is 5.45. The zero-order valence-electron chi connectivity index (χ0n) is 12.5. The quantitative estimate of drug-likeness (QED) is 0.806. The average Bonchev–Trinajstić information content (AvgIpc) is 2.83. The lowest BCUT2D eigenvalue weighted by molar-refractivity contribution is 0.164. The van der Waals surface area contributed by atoms with E-state index in [9.17, 15) is 0 Å². The molecule has 3 heteroatoms. The van der Waals surface area contributed by atoms with Crippen LogP contribution in [0.15, 0.2) is 0 Å². The number of hydrogen-bond acceptors (Lipinski definition) is 3. The first-order valence-corrected chi connectivity index (χ1v) is 7.81. The first kappa shape index (κ1) is 14.3. The Balaban J connectivity index is 1.61. The maximum absolute atomic E-state index is 3.79. The van der Waals surface area contributed by atoms with Gasteiger partial charge in [-0.2, -0.15) is 0 Å². The third kappa shape index (κ3) is 4.22. The third-order valence-electron chi connectivity index (χ3n) is 4.73. The Kier molecular flexibility index (Phi) is 5.46. The Labute approximate surface area is 113 Å². The van der Waals surface area contributed by atoms with E-state index < -0.39 is 0 Å². The van der Waals surface area contributed by atoms with Crippen molar-refractivity contribution in [2.24, 2.45) is 5.92 Å². The van der Waals surface area contributed by atoms with E-state index in [1.165, 1.54) is 58.4 Å². The molecule has 2 heterocycles. The van der Waals surface area contributed by atoms with Crippen molar-refractivity contribution in [2.45, 2.75) is 51.6 Å². The first-order valence-electron chi connectivity index (χ1n) is 7.81. The second-order valence-electron chi connectivity index (χ2n) is 6.57. The van der Waals surface area contributed by atoms with Crippen LogP contribution in [0.3, 0.4) is 0 Å². The van der Waals surface area contributed by atoms with Gasteiger partial charge in [-0.15, -0.1) is 0 Å². The van der Waals surface area contributed by atoms with Crippen molar-refractivity contribution in [3.05, 3.63) is 0 Å². The molecule has 0 radical (unpaired) electrons. The van der Waals surface area contributed by atoms with Crippen LogP contribution < -0.4 is 5.32 Å². The first-order chi connectivity index (χ1) is 8.65. The van der Waals surface area contributed by atoms with Gasteiger partial charge in [-0.25, -0.2) is 0 Å². The molecule has 2 rings (SSSR count). The van der Waals surface area contributed by atoms with Crippen molar-refractivity contribution in [2.75, 3.05) is 39.8 Å². The molecule has 1 N–H and O–H groups in total. The lowest BCUT2D eigenvalue weighted by Crippen LogP contribution is -2.47. The molecule has 2 aliphatic rings. The van der Waals surface area contributed by atoms with Gasteiger partial charge in [0.1, 0.15) is 0 Å². The second kappa shape index (κ2) is 6.88. The van der Waals surface area contributed by atoms with Crippen LogP contribution in [-0.4, -0.2) is 61.7 Å². The van der Waals surface area contributed by atoms with Gasteiger partial charge in [0.15, 0.2) is 0 Å². The van der Waals surface area contributed by atoms with E-state index in [0.717, 1.165) is 18.0 Å². The molecule has 3 atom stereocenters. The van der Waals surface area contributed by atoms with Crippen LogP contribution in [0.5, 0.6) is 0 Å². The molecule has 0 aromatic rings. The minimum atomic E-state index is 0.741. The predicted octanol–water partition coefficient (Wildman–Crippen LogP) is 1.79. The Hall–Kier alpha value is -0.120. The van der Waals surface area contributed by atoms with Crippen LogP contribution in [-0.2, 0) is 0 Å². The molecule has 2 fully saturated rings. The van der Waals surface area contributed by atoms with Crippen LogP contribution in [0, 0.1) is 5.92 Å². The molecule has 0 amide bonds. The van der Waals surface area contributed by atoms with E-state index in [1.807, 2.05) is 0 Å². The zero-order chi connectivity index (χ0) is 13.0. The highest BCUT2D eigenvalue weighted by molar-refractivity contribution is 4.82. The SMILES string of the molecule is CC(CNC1CCN(C)C(C)C1)CN1CCCC1. The fraction of sp³-hybridized carbons (Fsp3) is 1.00. The number of likely N-dealkylation sites (tertiary alicyclic amines) is 2. The Morgan fingerprint density at radius 1 is 1.22 bits per heavy atom. The molecule has 0 aromatic heterocycles. The Morgan fingerprint density at radius 3 is 2.61 bits per heavy atom. The summed E-state index contributed by atoms with van der Waals surface area (Å²) in [6, 6.07) is 1.49. The van der Waals surface area contributed by atoms with E-state index in [1.54, 1.807) is 0 Å². The topological polar surface area (TPSA) is 18.5 Å². The van der Waals surface area contributed by atoms with Crippen LogP contribution in [0.25, 0.3) is 0 Å². The van der Waals surface area contributed by atoms with Gasteiger partial charge in [0, 0.05) is 18.6 Å². The van der Waals surface area contributed by atoms with E-state index in [2.05, 4.69) is 36.0 Å². The van der Waals surface area contributed by atoms with Crippen molar-refractivity contribution in [3.8, 4) is 0 Å². The van der Waals surface area contributed by atoms with Crippen molar-refractivity contribution in [3.63, 3.8) is 0 Å². The second-order valence-corrected chi connectivity index (χ2v) is 6.57. The van der Waals surface area contributed by atoms with E-state index in [4.69, 9.17) is 0 Å². The summed E-state index contributed by atoms with van der Waals surface area (Å²) in [5.41, 5.74) is 0. The molecule has 0 aromatic carbocycles. The maximum Gasteiger partial charge on any atom is 0.00941 e.